The van der Waals surface area contributed by atoms with Crippen LogP contribution in [0.1, 0.15) is 36.1 Å². The second kappa shape index (κ2) is 7.13. The Hall–Kier alpha value is -2.11. The molecule has 4 nitrogen and oxygen atoms in total. The van der Waals surface area contributed by atoms with Gasteiger partial charge < -0.3 is 9.88 Å². The van der Waals surface area contributed by atoms with Crippen LogP contribution in [-0.2, 0) is 16.3 Å². The van der Waals surface area contributed by atoms with E-state index < -0.39 is 15.1 Å². The van der Waals surface area contributed by atoms with Crippen LogP contribution in [0.2, 0.25) is 0 Å². The van der Waals surface area contributed by atoms with Gasteiger partial charge in [0.1, 0.15) is 0 Å². The van der Waals surface area contributed by atoms with Crippen LogP contribution < -0.4 is 0 Å². The fourth-order valence-electron chi connectivity index (χ4n) is 4.10. The van der Waals surface area contributed by atoms with Crippen molar-refractivity contribution in [1.82, 2.24) is 9.88 Å². The molecule has 3 aromatic rings. The Morgan fingerprint density at radius 2 is 1.96 bits per heavy atom. The molecule has 0 saturated carbocycles. The van der Waals surface area contributed by atoms with E-state index in [1.54, 1.807) is 31.2 Å². The zero-order valence-corrected chi connectivity index (χ0v) is 16.7. The fraction of sp³-hybridized carbons (Fsp3) is 0.364. The van der Waals surface area contributed by atoms with Gasteiger partial charge in [0.15, 0.2) is 9.84 Å². The summed E-state index contributed by atoms with van der Waals surface area (Å²) in [6.45, 7) is 2.94. The second-order valence-corrected chi connectivity index (χ2v) is 9.87. The fourth-order valence-corrected chi connectivity index (χ4v) is 5.55. The minimum absolute atomic E-state index is 0.375. The number of hydrogen-bond acceptors (Lipinski definition) is 3. The van der Waals surface area contributed by atoms with Crippen LogP contribution in [-0.4, -0.2) is 37.9 Å². The van der Waals surface area contributed by atoms with Crippen LogP contribution >= 0.6 is 0 Å². The highest BCUT2D eigenvalue weighted by Crippen LogP contribution is 2.32. The number of aromatic nitrogens is 1. The molecule has 2 aromatic carbocycles. The number of aromatic amines is 1. The molecule has 5 heteroatoms. The first-order chi connectivity index (χ1) is 13.0. The number of likely N-dealkylation sites (N-methyl/N-ethyl adjacent to an activating group) is 1. The molecule has 4 rings (SSSR count). The Morgan fingerprint density at radius 3 is 2.67 bits per heavy atom. The van der Waals surface area contributed by atoms with Crippen molar-refractivity contribution >= 4 is 20.7 Å². The molecule has 2 atom stereocenters. The summed E-state index contributed by atoms with van der Waals surface area (Å²) in [5.74, 6) is 0. The van der Waals surface area contributed by atoms with Crippen molar-refractivity contribution in [3.05, 3.63) is 65.9 Å². The maximum Gasteiger partial charge on any atom is 0.185 e. The number of fused-ring (bicyclic) bond motifs is 1. The Kier molecular flexibility index (Phi) is 4.82. The molecule has 1 saturated heterocycles. The van der Waals surface area contributed by atoms with Gasteiger partial charge in [-0.15, -0.1) is 0 Å². The minimum atomic E-state index is -3.41. The number of nitrogens with one attached hydrogen (secondary N) is 1. The number of nitrogens with zero attached hydrogens (tertiary/aromatic N) is 1. The van der Waals surface area contributed by atoms with Crippen molar-refractivity contribution in [3.63, 3.8) is 0 Å². The molecule has 0 amide bonds. The Bertz CT molecular complexity index is 1040. The van der Waals surface area contributed by atoms with Gasteiger partial charge in [-0.3, -0.25) is 0 Å². The molecule has 27 heavy (non-hydrogen) atoms. The average Bonchev–Trinajstić information content (AvgIpc) is 3.28. The highest BCUT2D eigenvalue weighted by atomic mass is 32.2. The highest BCUT2D eigenvalue weighted by Gasteiger charge is 2.26. The van der Waals surface area contributed by atoms with Crippen LogP contribution in [0.4, 0.5) is 0 Å². The molecule has 1 N–H and O–H groups in total. The summed E-state index contributed by atoms with van der Waals surface area (Å²) in [5.41, 5.74) is 3.18. The first-order valence-corrected chi connectivity index (χ1v) is 11.1. The van der Waals surface area contributed by atoms with E-state index >= 15 is 0 Å². The van der Waals surface area contributed by atoms with E-state index in [2.05, 4.69) is 29.2 Å². The summed E-state index contributed by atoms with van der Waals surface area (Å²) in [6, 6.07) is 15.3. The van der Waals surface area contributed by atoms with Crippen molar-refractivity contribution in [2.75, 3.05) is 13.6 Å². The molecule has 1 aliphatic heterocycles. The summed E-state index contributed by atoms with van der Waals surface area (Å²) >= 11 is 0. The van der Waals surface area contributed by atoms with Crippen LogP contribution in [0.15, 0.2) is 59.6 Å². The van der Waals surface area contributed by atoms with Gasteiger partial charge in [-0.1, -0.05) is 24.3 Å². The number of hydrogen-bond donors (Lipinski definition) is 1. The third kappa shape index (κ3) is 3.42. The van der Waals surface area contributed by atoms with Gasteiger partial charge >= 0.3 is 0 Å². The molecule has 2 heterocycles. The summed E-state index contributed by atoms with van der Waals surface area (Å²) in [4.78, 5) is 6.14. The van der Waals surface area contributed by atoms with Gasteiger partial charge in [0, 0.05) is 23.1 Å². The molecule has 0 aliphatic carbocycles. The third-order valence-electron chi connectivity index (χ3n) is 5.93. The molecule has 0 spiro atoms. The van der Waals surface area contributed by atoms with E-state index in [-0.39, 0.29) is 0 Å². The molecular weight excluding hydrogens is 356 g/mol. The second-order valence-electron chi connectivity index (χ2n) is 7.60. The predicted octanol–water partition coefficient (Wildman–Crippen LogP) is 4.34. The largest absolute Gasteiger partial charge is 0.361 e. The standard InChI is InChI=1S/C22H26N2O2S/c1-16(27(25,26)20-8-4-3-5-9-20)17-10-11-22-21(14-17)18(15-23-22)13-19-7-6-12-24(19)2/h3-5,8-11,14-16,19,23H,6-7,12-13H2,1-2H3/t16-,19-/m1/s1. The smallest absolute Gasteiger partial charge is 0.185 e. The number of sulfone groups is 1. The monoisotopic (exact) mass is 382 g/mol. The topological polar surface area (TPSA) is 53.2 Å². The lowest BCUT2D eigenvalue weighted by molar-refractivity contribution is 0.310. The van der Waals surface area contributed by atoms with Crippen molar-refractivity contribution < 1.29 is 8.42 Å². The van der Waals surface area contributed by atoms with Crippen molar-refractivity contribution in [1.29, 1.82) is 0 Å². The molecule has 0 bridgehead atoms. The highest BCUT2D eigenvalue weighted by molar-refractivity contribution is 7.91. The molecule has 142 valence electrons. The molecule has 1 aromatic heterocycles. The van der Waals surface area contributed by atoms with Gasteiger partial charge in [-0.25, -0.2) is 8.42 Å². The van der Waals surface area contributed by atoms with Crippen LogP contribution in [0.5, 0.6) is 0 Å². The first-order valence-electron chi connectivity index (χ1n) is 9.56. The van der Waals surface area contributed by atoms with Crippen molar-refractivity contribution in [2.24, 2.45) is 0 Å². The Labute approximate surface area is 161 Å². The Morgan fingerprint density at radius 1 is 1.19 bits per heavy atom. The van der Waals surface area contributed by atoms with E-state index in [4.69, 9.17) is 0 Å². The lowest BCUT2D eigenvalue weighted by Gasteiger charge is -2.19. The SMILES string of the molecule is C[C@H](c1ccc2[nH]cc(C[C@H]3CCCN3C)c2c1)S(=O)(=O)c1ccccc1. The van der Waals surface area contributed by atoms with E-state index in [0.717, 1.165) is 29.4 Å². The number of rotatable bonds is 5. The average molecular weight is 383 g/mol. The van der Waals surface area contributed by atoms with E-state index in [9.17, 15) is 8.42 Å². The maximum absolute atomic E-state index is 13.0. The molecule has 0 radical (unpaired) electrons. The zero-order valence-electron chi connectivity index (χ0n) is 15.9. The molecule has 1 aliphatic rings. The summed E-state index contributed by atoms with van der Waals surface area (Å²) in [5, 5.41) is 0.559. The lowest BCUT2D eigenvalue weighted by atomic mass is 10.0. The maximum atomic E-state index is 13.0. The number of H-pyrrole nitrogens is 1. The zero-order chi connectivity index (χ0) is 19.0. The van der Waals surface area contributed by atoms with E-state index in [0.29, 0.717) is 10.9 Å². The minimum Gasteiger partial charge on any atom is -0.361 e. The molecule has 0 unspecified atom stereocenters. The summed E-state index contributed by atoms with van der Waals surface area (Å²) in [6.07, 6.45) is 5.56. The van der Waals surface area contributed by atoms with Crippen LogP contribution in [0, 0.1) is 0 Å². The normalized spacial score (nSPS) is 19.6. The summed E-state index contributed by atoms with van der Waals surface area (Å²) in [7, 11) is -1.22. The third-order valence-corrected chi connectivity index (χ3v) is 8.06. The van der Waals surface area contributed by atoms with Crippen molar-refractivity contribution in [3.8, 4) is 0 Å². The predicted molar refractivity (Wildman–Crippen MR) is 110 cm³/mol. The quantitative estimate of drug-likeness (QED) is 0.714. The number of benzene rings is 2. The van der Waals surface area contributed by atoms with E-state index in [1.165, 1.54) is 18.4 Å². The number of likely N-dealkylation sites (tertiary alicyclic amines) is 1. The van der Waals surface area contributed by atoms with Gasteiger partial charge in [0.05, 0.1) is 10.1 Å². The molecule has 1 fully saturated rings. The van der Waals surface area contributed by atoms with Gasteiger partial charge in [0.2, 0.25) is 0 Å². The van der Waals surface area contributed by atoms with E-state index in [1.807, 2.05) is 18.2 Å². The van der Waals surface area contributed by atoms with Crippen LogP contribution in [0.3, 0.4) is 0 Å². The molecular formula is C22H26N2O2S. The lowest BCUT2D eigenvalue weighted by Crippen LogP contribution is -2.26. The van der Waals surface area contributed by atoms with Gasteiger partial charge in [0.25, 0.3) is 0 Å². The summed E-state index contributed by atoms with van der Waals surface area (Å²) < 4.78 is 26.0. The van der Waals surface area contributed by atoms with Crippen LogP contribution in [0.25, 0.3) is 10.9 Å². The van der Waals surface area contributed by atoms with Crippen molar-refractivity contribution in [2.45, 2.75) is 42.4 Å². The van der Waals surface area contributed by atoms with Gasteiger partial charge in [-0.2, -0.15) is 0 Å². The Balaban J connectivity index is 1.67. The first kappa shape index (κ1) is 18.3. The van der Waals surface area contributed by atoms with Gasteiger partial charge in [-0.05, 0) is 75.2 Å².